The van der Waals surface area contributed by atoms with Gasteiger partial charge in [-0.05, 0) is 36.1 Å². The molecule has 2 aromatic rings. The zero-order chi connectivity index (χ0) is 13.5. The molecule has 2 N–H and O–H groups in total. The number of allylic oxidation sites excluding steroid dienone is 1. The van der Waals surface area contributed by atoms with Crippen molar-refractivity contribution in [1.82, 2.24) is 0 Å². The Labute approximate surface area is 113 Å². The second kappa shape index (κ2) is 6.76. The van der Waals surface area contributed by atoms with Gasteiger partial charge in [0.05, 0.1) is 6.10 Å². The van der Waals surface area contributed by atoms with Crippen LogP contribution in [0.1, 0.15) is 30.1 Å². The Morgan fingerprint density at radius 2 is 1.63 bits per heavy atom. The van der Waals surface area contributed by atoms with Crippen molar-refractivity contribution in [3.8, 4) is 5.75 Å². The highest BCUT2D eigenvalue weighted by Gasteiger charge is 2.04. The highest BCUT2D eigenvalue weighted by atomic mass is 16.3. The van der Waals surface area contributed by atoms with Crippen molar-refractivity contribution in [2.45, 2.75) is 18.9 Å². The van der Waals surface area contributed by atoms with E-state index >= 15 is 0 Å². The predicted octanol–water partition coefficient (Wildman–Crippen LogP) is 3.92. The highest BCUT2D eigenvalue weighted by Crippen LogP contribution is 2.18. The van der Waals surface area contributed by atoms with Crippen LogP contribution in [0, 0.1) is 0 Å². The van der Waals surface area contributed by atoms with E-state index in [0.717, 1.165) is 17.5 Å². The fourth-order valence-corrected chi connectivity index (χ4v) is 1.90. The molecule has 98 valence electrons. The Balaban J connectivity index is 1.82. The summed E-state index contributed by atoms with van der Waals surface area (Å²) in [6.07, 6.45) is 5.15. The molecule has 0 fully saturated rings. The first kappa shape index (κ1) is 13.4. The number of hydrogen-bond acceptors (Lipinski definition) is 2. The van der Waals surface area contributed by atoms with Crippen LogP contribution in [0.15, 0.2) is 60.7 Å². The van der Waals surface area contributed by atoms with Crippen molar-refractivity contribution in [2.24, 2.45) is 0 Å². The summed E-state index contributed by atoms with van der Waals surface area (Å²) >= 11 is 0. The molecule has 0 amide bonds. The molecule has 0 aliphatic rings. The maximum atomic E-state index is 9.99. The molecule has 0 saturated heterocycles. The fourth-order valence-electron chi connectivity index (χ4n) is 1.90. The van der Waals surface area contributed by atoms with Crippen LogP contribution in [-0.4, -0.2) is 10.2 Å². The van der Waals surface area contributed by atoms with Crippen molar-refractivity contribution in [3.63, 3.8) is 0 Å². The minimum atomic E-state index is -0.411. The van der Waals surface area contributed by atoms with Crippen LogP contribution >= 0.6 is 0 Å². The van der Waals surface area contributed by atoms with Crippen molar-refractivity contribution < 1.29 is 10.2 Å². The summed E-state index contributed by atoms with van der Waals surface area (Å²) in [5, 5.41) is 19.2. The van der Waals surface area contributed by atoms with E-state index in [9.17, 15) is 5.11 Å². The van der Waals surface area contributed by atoms with Crippen LogP contribution in [-0.2, 0) is 0 Å². The van der Waals surface area contributed by atoms with E-state index in [0.29, 0.717) is 6.42 Å². The van der Waals surface area contributed by atoms with Crippen LogP contribution in [0.3, 0.4) is 0 Å². The summed E-state index contributed by atoms with van der Waals surface area (Å²) in [4.78, 5) is 0. The topological polar surface area (TPSA) is 40.5 Å². The van der Waals surface area contributed by atoms with Crippen LogP contribution < -0.4 is 0 Å². The molecule has 2 heteroatoms. The van der Waals surface area contributed by atoms with Gasteiger partial charge in [-0.2, -0.15) is 0 Å². The van der Waals surface area contributed by atoms with Gasteiger partial charge in [-0.15, -0.1) is 0 Å². The average Bonchev–Trinajstić information content (AvgIpc) is 2.46. The number of aliphatic hydroxyl groups is 1. The lowest BCUT2D eigenvalue weighted by Crippen LogP contribution is -1.95. The molecule has 2 rings (SSSR count). The molecule has 0 aromatic heterocycles. The van der Waals surface area contributed by atoms with Crippen LogP contribution in [0.2, 0.25) is 0 Å². The zero-order valence-corrected chi connectivity index (χ0v) is 10.7. The van der Waals surface area contributed by atoms with Crippen LogP contribution in [0.5, 0.6) is 5.75 Å². The van der Waals surface area contributed by atoms with Gasteiger partial charge >= 0.3 is 0 Å². The van der Waals surface area contributed by atoms with Gasteiger partial charge in [0.1, 0.15) is 5.75 Å². The maximum absolute atomic E-state index is 9.99. The van der Waals surface area contributed by atoms with Gasteiger partial charge < -0.3 is 10.2 Å². The quantitative estimate of drug-likeness (QED) is 0.849. The van der Waals surface area contributed by atoms with Crippen molar-refractivity contribution in [1.29, 1.82) is 0 Å². The molecule has 0 radical (unpaired) electrons. The maximum Gasteiger partial charge on any atom is 0.115 e. The number of aliphatic hydroxyl groups excluding tert-OH is 1. The molecule has 0 aliphatic carbocycles. The predicted molar refractivity (Wildman–Crippen MR) is 77.8 cm³/mol. The smallest absolute Gasteiger partial charge is 0.115 e. The van der Waals surface area contributed by atoms with Crippen LogP contribution in [0.4, 0.5) is 0 Å². The van der Waals surface area contributed by atoms with E-state index in [4.69, 9.17) is 5.11 Å². The normalized spacial score (nSPS) is 12.7. The Kier molecular flexibility index (Phi) is 4.76. The van der Waals surface area contributed by atoms with Gasteiger partial charge in [0.2, 0.25) is 0 Å². The Morgan fingerprint density at radius 1 is 0.947 bits per heavy atom. The number of phenols is 1. The van der Waals surface area contributed by atoms with Gasteiger partial charge in [-0.3, -0.25) is 0 Å². The Morgan fingerprint density at radius 3 is 2.32 bits per heavy atom. The molecule has 2 nitrogen and oxygen atoms in total. The van der Waals surface area contributed by atoms with Gasteiger partial charge in [-0.25, -0.2) is 0 Å². The Hall–Kier alpha value is -2.06. The molecule has 0 saturated carbocycles. The third-order valence-corrected chi connectivity index (χ3v) is 2.99. The second-order valence-corrected chi connectivity index (χ2v) is 4.50. The number of rotatable bonds is 5. The molecule has 1 unspecified atom stereocenters. The standard InChI is InChI=1S/C17H18O2/c18-16-12-10-14(11-13-16)6-4-5-9-17(19)15-7-2-1-3-8-15/h1-4,6-8,10-13,17-19H,5,9H2. The molecule has 0 aliphatic heterocycles. The largest absolute Gasteiger partial charge is 0.508 e. The third kappa shape index (κ3) is 4.27. The monoisotopic (exact) mass is 254 g/mol. The van der Waals surface area contributed by atoms with Crippen molar-refractivity contribution >= 4 is 6.08 Å². The van der Waals surface area contributed by atoms with E-state index in [-0.39, 0.29) is 5.75 Å². The summed E-state index contributed by atoms with van der Waals surface area (Å²) < 4.78 is 0. The summed E-state index contributed by atoms with van der Waals surface area (Å²) in [6.45, 7) is 0. The van der Waals surface area contributed by atoms with Crippen molar-refractivity contribution in [2.75, 3.05) is 0 Å². The van der Waals surface area contributed by atoms with E-state index in [1.54, 1.807) is 12.1 Å². The average molecular weight is 254 g/mol. The summed E-state index contributed by atoms with van der Waals surface area (Å²) in [6, 6.07) is 16.7. The minimum Gasteiger partial charge on any atom is -0.508 e. The van der Waals surface area contributed by atoms with E-state index in [1.807, 2.05) is 54.6 Å². The number of aromatic hydroxyl groups is 1. The minimum absolute atomic E-state index is 0.275. The van der Waals surface area contributed by atoms with Gasteiger partial charge in [0.15, 0.2) is 0 Å². The summed E-state index contributed by atoms with van der Waals surface area (Å²) in [5.74, 6) is 0.275. The van der Waals surface area contributed by atoms with Crippen LogP contribution in [0.25, 0.3) is 6.08 Å². The van der Waals surface area contributed by atoms with Gasteiger partial charge in [0, 0.05) is 0 Å². The highest BCUT2D eigenvalue weighted by molar-refractivity contribution is 5.50. The summed E-state index contributed by atoms with van der Waals surface area (Å²) in [5.41, 5.74) is 2.01. The fraction of sp³-hybridized carbons (Fsp3) is 0.176. The molecule has 0 spiro atoms. The molecular weight excluding hydrogens is 236 g/mol. The number of benzene rings is 2. The molecule has 2 aromatic carbocycles. The first-order valence-corrected chi connectivity index (χ1v) is 6.44. The lowest BCUT2D eigenvalue weighted by Gasteiger charge is -2.08. The molecule has 0 bridgehead atoms. The Bertz CT molecular complexity index is 515. The lowest BCUT2D eigenvalue weighted by molar-refractivity contribution is 0.169. The van der Waals surface area contributed by atoms with E-state index < -0.39 is 6.10 Å². The SMILES string of the molecule is Oc1ccc(C=CCCC(O)c2ccccc2)cc1. The van der Waals surface area contributed by atoms with Gasteiger partial charge in [0.25, 0.3) is 0 Å². The number of phenolic OH excluding ortho intramolecular Hbond substituents is 1. The lowest BCUT2D eigenvalue weighted by atomic mass is 10.0. The molecule has 0 heterocycles. The van der Waals surface area contributed by atoms with Crippen molar-refractivity contribution in [3.05, 3.63) is 71.8 Å². The first-order valence-electron chi connectivity index (χ1n) is 6.44. The third-order valence-electron chi connectivity index (χ3n) is 2.99. The van der Waals surface area contributed by atoms with E-state index in [1.165, 1.54) is 0 Å². The molecule has 1 atom stereocenters. The molecular formula is C17H18O2. The second-order valence-electron chi connectivity index (χ2n) is 4.50. The first-order chi connectivity index (χ1) is 9.25. The van der Waals surface area contributed by atoms with E-state index in [2.05, 4.69) is 0 Å². The molecule has 19 heavy (non-hydrogen) atoms. The number of hydrogen-bond donors (Lipinski definition) is 2. The summed E-state index contributed by atoms with van der Waals surface area (Å²) in [7, 11) is 0. The zero-order valence-electron chi connectivity index (χ0n) is 10.7. The van der Waals surface area contributed by atoms with Gasteiger partial charge in [-0.1, -0.05) is 54.6 Å².